The van der Waals surface area contributed by atoms with Crippen LogP contribution in [0.4, 0.5) is 17.5 Å². The molecule has 0 atom stereocenters. The summed E-state index contributed by atoms with van der Waals surface area (Å²) in [6.45, 7) is 0. The van der Waals surface area contributed by atoms with Crippen molar-refractivity contribution in [1.29, 1.82) is 0 Å². The number of hydrogen-bond acceptors (Lipinski definition) is 4. The first-order valence-electron chi connectivity index (χ1n) is 5.62. The van der Waals surface area contributed by atoms with Crippen molar-refractivity contribution in [2.24, 2.45) is 0 Å². The Balaban J connectivity index is 2.25. The van der Waals surface area contributed by atoms with Gasteiger partial charge in [-0.15, -0.1) is 11.6 Å². The number of aromatic nitrogens is 2. The molecule has 1 aromatic heterocycles. The smallest absolute Gasteiger partial charge is 0.226 e. The fraction of sp³-hybridized carbons (Fsp3) is 0.231. The number of hydrogen-bond donors (Lipinski definition) is 1. The maximum atomic E-state index is 5.90. The molecule has 0 spiro atoms. The molecule has 1 aromatic carbocycles. The van der Waals surface area contributed by atoms with Crippen molar-refractivity contribution in [2.75, 3.05) is 24.3 Å². The van der Waals surface area contributed by atoms with Crippen LogP contribution in [0.3, 0.4) is 0 Å². The third-order valence-electron chi connectivity index (χ3n) is 2.47. The van der Waals surface area contributed by atoms with Crippen molar-refractivity contribution in [3.05, 3.63) is 42.1 Å². The number of nitrogens with zero attached hydrogens (tertiary/aromatic N) is 3. The highest BCUT2D eigenvalue weighted by Gasteiger charge is 2.04. The summed E-state index contributed by atoms with van der Waals surface area (Å²) in [7, 11) is 3.82. The van der Waals surface area contributed by atoms with E-state index in [0.717, 1.165) is 17.1 Å². The van der Waals surface area contributed by atoms with Crippen LogP contribution in [0.25, 0.3) is 0 Å². The Kier molecular flexibility index (Phi) is 3.99. The molecule has 2 aromatic rings. The fourth-order valence-electron chi connectivity index (χ4n) is 1.53. The Morgan fingerprint density at radius 3 is 2.72 bits per heavy atom. The summed E-state index contributed by atoms with van der Waals surface area (Å²) in [5.74, 6) is 1.89. The zero-order valence-corrected chi connectivity index (χ0v) is 11.1. The van der Waals surface area contributed by atoms with Gasteiger partial charge in [0.1, 0.15) is 5.82 Å². The van der Waals surface area contributed by atoms with Crippen LogP contribution in [0.1, 0.15) is 5.56 Å². The Morgan fingerprint density at radius 2 is 2.00 bits per heavy atom. The van der Waals surface area contributed by atoms with Gasteiger partial charge in [-0.25, -0.2) is 4.98 Å². The zero-order chi connectivity index (χ0) is 13.0. The van der Waals surface area contributed by atoms with Gasteiger partial charge in [0.2, 0.25) is 5.95 Å². The SMILES string of the molecule is CN(C)c1nccc(Nc2ccccc2CCl)n1. The molecule has 18 heavy (non-hydrogen) atoms. The van der Waals surface area contributed by atoms with Gasteiger partial charge in [-0.1, -0.05) is 18.2 Å². The summed E-state index contributed by atoms with van der Waals surface area (Å²) in [5.41, 5.74) is 2.01. The zero-order valence-electron chi connectivity index (χ0n) is 10.4. The van der Waals surface area contributed by atoms with Crippen LogP contribution >= 0.6 is 11.6 Å². The minimum absolute atomic E-state index is 0.467. The summed E-state index contributed by atoms with van der Waals surface area (Å²) in [6, 6.07) is 9.73. The molecule has 5 heteroatoms. The van der Waals surface area contributed by atoms with Crippen LogP contribution in [0.2, 0.25) is 0 Å². The second-order valence-electron chi connectivity index (χ2n) is 4.05. The van der Waals surface area contributed by atoms with Gasteiger partial charge < -0.3 is 10.2 Å². The van der Waals surface area contributed by atoms with Crippen LogP contribution in [-0.4, -0.2) is 24.1 Å². The lowest BCUT2D eigenvalue weighted by Crippen LogP contribution is -2.13. The normalized spacial score (nSPS) is 10.2. The number of anilines is 3. The highest BCUT2D eigenvalue weighted by molar-refractivity contribution is 6.17. The van der Waals surface area contributed by atoms with Gasteiger partial charge >= 0.3 is 0 Å². The molecule has 0 fully saturated rings. The third-order valence-corrected chi connectivity index (χ3v) is 2.75. The predicted octanol–water partition coefficient (Wildman–Crippen LogP) is 3.03. The van der Waals surface area contributed by atoms with E-state index in [2.05, 4.69) is 15.3 Å². The molecule has 0 saturated carbocycles. The summed E-state index contributed by atoms with van der Waals surface area (Å²) in [6.07, 6.45) is 1.73. The predicted molar refractivity (Wildman–Crippen MR) is 75.6 cm³/mol. The van der Waals surface area contributed by atoms with E-state index >= 15 is 0 Å². The average molecular weight is 263 g/mol. The highest BCUT2D eigenvalue weighted by atomic mass is 35.5. The van der Waals surface area contributed by atoms with Crippen molar-refractivity contribution in [3.63, 3.8) is 0 Å². The second kappa shape index (κ2) is 5.69. The molecule has 2 rings (SSSR count). The Bertz CT molecular complexity index is 528. The Labute approximate surface area is 112 Å². The largest absolute Gasteiger partial charge is 0.347 e. The van der Waals surface area contributed by atoms with E-state index in [-0.39, 0.29) is 0 Å². The highest BCUT2D eigenvalue weighted by Crippen LogP contribution is 2.21. The lowest BCUT2D eigenvalue weighted by atomic mass is 10.2. The van der Waals surface area contributed by atoms with Gasteiger partial charge in [-0.3, -0.25) is 0 Å². The minimum Gasteiger partial charge on any atom is -0.347 e. The summed E-state index contributed by atoms with van der Waals surface area (Å²) < 4.78 is 0. The van der Waals surface area contributed by atoms with Gasteiger partial charge in [0.15, 0.2) is 0 Å². The van der Waals surface area contributed by atoms with Crippen molar-refractivity contribution in [3.8, 4) is 0 Å². The van der Waals surface area contributed by atoms with Crippen LogP contribution in [0.5, 0.6) is 0 Å². The van der Waals surface area contributed by atoms with Crippen molar-refractivity contribution >= 4 is 29.1 Å². The van der Waals surface area contributed by atoms with Gasteiger partial charge in [0, 0.05) is 31.9 Å². The van der Waals surface area contributed by atoms with E-state index in [1.165, 1.54) is 0 Å². The Morgan fingerprint density at radius 1 is 1.22 bits per heavy atom. The molecule has 0 saturated heterocycles. The lowest BCUT2D eigenvalue weighted by molar-refractivity contribution is 1.00. The minimum atomic E-state index is 0.467. The molecule has 0 aliphatic heterocycles. The summed E-state index contributed by atoms with van der Waals surface area (Å²) >= 11 is 5.90. The van der Waals surface area contributed by atoms with Crippen molar-refractivity contribution in [1.82, 2.24) is 9.97 Å². The molecular formula is C13H15ClN4. The number of nitrogens with one attached hydrogen (secondary N) is 1. The number of halogens is 1. The first-order chi connectivity index (χ1) is 8.70. The number of benzene rings is 1. The summed E-state index contributed by atoms with van der Waals surface area (Å²) in [5, 5.41) is 3.26. The quantitative estimate of drug-likeness (QED) is 0.860. The standard InChI is InChI=1S/C13H15ClN4/c1-18(2)13-15-8-7-12(17-13)16-11-6-4-3-5-10(11)9-14/h3-8H,9H2,1-2H3,(H,15,16,17). The maximum Gasteiger partial charge on any atom is 0.226 e. The van der Waals surface area contributed by atoms with Gasteiger partial charge in [-0.2, -0.15) is 4.98 Å². The van der Waals surface area contributed by atoms with E-state index in [0.29, 0.717) is 11.8 Å². The Hall–Kier alpha value is -1.81. The van der Waals surface area contributed by atoms with Gasteiger partial charge in [0.25, 0.3) is 0 Å². The fourth-order valence-corrected chi connectivity index (χ4v) is 1.76. The van der Waals surface area contributed by atoms with Gasteiger partial charge in [0.05, 0.1) is 0 Å². The molecular weight excluding hydrogens is 248 g/mol. The van der Waals surface area contributed by atoms with E-state index in [1.807, 2.05) is 49.3 Å². The molecule has 4 nitrogen and oxygen atoms in total. The second-order valence-corrected chi connectivity index (χ2v) is 4.32. The molecule has 0 amide bonds. The molecule has 94 valence electrons. The molecule has 0 aliphatic rings. The number of rotatable bonds is 4. The average Bonchev–Trinajstić information content (AvgIpc) is 2.39. The molecule has 0 bridgehead atoms. The maximum absolute atomic E-state index is 5.90. The monoisotopic (exact) mass is 262 g/mol. The number of alkyl halides is 1. The van der Waals surface area contributed by atoms with Crippen molar-refractivity contribution in [2.45, 2.75) is 5.88 Å². The topological polar surface area (TPSA) is 41.1 Å². The van der Waals surface area contributed by atoms with Gasteiger partial charge in [-0.05, 0) is 17.7 Å². The third kappa shape index (κ3) is 2.90. The molecule has 0 radical (unpaired) electrons. The molecule has 0 unspecified atom stereocenters. The van der Waals surface area contributed by atoms with E-state index in [4.69, 9.17) is 11.6 Å². The van der Waals surface area contributed by atoms with Crippen LogP contribution in [0.15, 0.2) is 36.5 Å². The molecule has 1 N–H and O–H groups in total. The molecule has 1 heterocycles. The lowest BCUT2D eigenvalue weighted by Gasteiger charge is -2.13. The van der Waals surface area contributed by atoms with Crippen molar-refractivity contribution < 1.29 is 0 Å². The van der Waals surface area contributed by atoms with E-state index in [9.17, 15) is 0 Å². The van der Waals surface area contributed by atoms with E-state index in [1.54, 1.807) is 6.20 Å². The van der Waals surface area contributed by atoms with Crippen LogP contribution in [0, 0.1) is 0 Å². The first-order valence-corrected chi connectivity index (χ1v) is 6.15. The van der Waals surface area contributed by atoms with E-state index < -0.39 is 0 Å². The first kappa shape index (κ1) is 12.6. The number of para-hydroxylation sites is 1. The molecule has 0 aliphatic carbocycles. The van der Waals surface area contributed by atoms with Crippen LogP contribution < -0.4 is 10.2 Å². The summed E-state index contributed by atoms with van der Waals surface area (Å²) in [4.78, 5) is 10.4. The van der Waals surface area contributed by atoms with Crippen LogP contribution in [-0.2, 0) is 5.88 Å².